The quantitative estimate of drug-likeness (QED) is 0.0497. The summed E-state index contributed by atoms with van der Waals surface area (Å²) < 4.78 is 0. The first-order valence-electron chi connectivity index (χ1n) is 18.9. The van der Waals surface area contributed by atoms with Gasteiger partial charge in [0.25, 0.3) is 0 Å². The zero-order valence-electron chi connectivity index (χ0n) is 33.7. The van der Waals surface area contributed by atoms with Crippen LogP contribution in [0.2, 0.25) is 0 Å². The molecule has 0 radical (unpaired) electrons. The average Bonchev–Trinajstić information content (AvgIpc) is 3.19. The Hall–Kier alpha value is -7.12. The molecule has 12 N–H and O–H groups in total. The number of hydrogen-bond donors (Lipinski definition) is 10. The summed E-state index contributed by atoms with van der Waals surface area (Å²) in [6.45, 7) is 5.41. The van der Waals surface area contributed by atoms with Crippen molar-refractivity contribution in [1.29, 1.82) is 0 Å². The lowest BCUT2D eigenvalue weighted by Crippen LogP contribution is -2.58. The lowest BCUT2D eigenvalue weighted by molar-refractivity contribution is -0.141. The van der Waals surface area contributed by atoms with Crippen LogP contribution in [0.3, 0.4) is 0 Å². The number of nitrogens with two attached hydrogens (primary N) is 2. The minimum absolute atomic E-state index is 0.00616. The number of carbonyl (C=O) groups is 10. The van der Waals surface area contributed by atoms with E-state index in [0.717, 1.165) is 12.2 Å². The fourth-order valence-electron chi connectivity index (χ4n) is 5.42. The van der Waals surface area contributed by atoms with Gasteiger partial charge in [0.05, 0.1) is 6.54 Å². The van der Waals surface area contributed by atoms with Gasteiger partial charge >= 0.3 is 5.97 Å². The minimum Gasteiger partial charge on any atom is -0.480 e. The van der Waals surface area contributed by atoms with Crippen LogP contribution >= 0.6 is 0 Å². The highest BCUT2D eigenvalue weighted by Crippen LogP contribution is 2.08. The second-order valence-corrected chi connectivity index (χ2v) is 14.1. The SMILES string of the molecule is CC(C)[C@H](NC(=O)[C@H](C)NC(=O)[C@H](Cc1ccccc1)NC(=O)[C@H](CCC(N)=O)NC(=O)/C=C/C(=O)N[C@@H](C)C(=O)NCC(=O)N[C@@H](Cc1ccccc1)C(=O)O)C(N)=O. The number of carboxylic acid groups (broad SMARTS) is 1. The summed E-state index contributed by atoms with van der Waals surface area (Å²) in [7, 11) is 0. The van der Waals surface area contributed by atoms with Crippen LogP contribution < -0.4 is 48.7 Å². The van der Waals surface area contributed by atoms with Gasteiger partial charge in [-0.1, -0.05) is 74.5 Å². The van der Waals surface area contributed by atoms with Crippen LogP contribution in [-0.4, -0.2) is 107 Å². The molecule has 2 aromatic carbocycles. The third kappa shape index (κ3) is 18.0. The van der Waals surface area contributed by atoms with Crippen LogP contribution in [0, 0.1) is 5.92 Å². The van der Waals surface area contributed by atoms with Crippen molar-refractivity contribution in [1.82, 2.24) is 37.2 Å². The number of carbonyl (C=O) groups excluding carboxylic acids is 9. The van der Waals surface area contributed by atoms with Crippen LogP contribution in [0.5, 0.6) is 0 Å². The van der Waals surface area contributed by atoms with Gasteiger partial charge in [0.1, 0.15) is 36.3 Å². The van der Waals surface area contributed by atoms with Crippen molar-refractivity contribution in [3.63, 3.8) is 0 Å². The molecule has 6 atom stereocenters. The maximum Gasteiger partial charge on any atom is 0.326 e. The molecule has 20 heteroatoms. The summed E-state index contributed by atoms with van der Waals surface area (Å²) in [5.41, 5.74) is 12.0. The van der Waals surface area contributed by atoms with Gasteiger partial charge in [-0.3, -0.25) is 43.2 Å². The van der Waals surface area contributed by atoms with Gasteiger partial charge in [-0.2, -0.15) is 0 Å². The zero-order valence-corrected chi connectivity index (χ0v) is 33.7. The molecule has 2 aromatic rings. The van der Waals surface area contributed by atoms with E-state index in [4.69, 9.17) is 11.5 Å². The Morgan fingerprint density at radius 3 is 1.58 bits per heavy atom. The van der Waals surface area contributed by atoms with E-state index in [-0.39, 0.29) is 31.6 Å². The summed E-state index contributed by atoms with van der Waals surface area (Å²) >= 11 is 0. The van der Waals surface area contributed by atoms with E-state index in [2.05, 4.69) is 37.2 Å². The molecule has 0 spiro atoms. The molecule has 9 amide bonds. The average molecular weight is 836 g/mol. The maximum atomic E-state index is 13.6. The van der Waals surface area contributed by atoms with Crippen molar-refractivity contribution in [3.8, 4) is 0 Å². The predicted octanol–water partition coefficient (Wildman–Crippen LogP) is -2.42. The normalized spacial score (nSPS) is 13.9. The third-order valence-electron chi connectivity index (χ3n) is 8.73. The number of aliphatic carboxylic acids is 1. The lowest BCUT2D eigenvalue weighted by Gasteiger charge is -2.25. The minimum atomic E-state index is -1.45. The zero-order chi connectivity index (χ0) is 44.9. The maximum absolute atomic E-state index is 13.6. The fourth-order valence-corrected chi connectivity index (χ4v) is 5.42. The fraction of sp³-hybridized carbons (Fsp3) is 0.400. The van der Waals surface area contributed by atoms with E-state index in [9.17, 15) is 53.1 Å². The van der Waals surface area contributed by atoms with Gasteiger partial charge in [0, 0.05) is 31.4 Å². The molecule has 324 valence electrons. The van der Waals surface area contributed by atoms with Crippen LogP contribution in [0.15, 0.2) is 72.8 Å². The number of carboxylic acids is 1. The predicted molar refractivity (Wildman–Crippen MR) is 215 cm³/mol. The molecule has 0 bridgehead atoms. The molecule has 0 saturated heterocycles. The Kier molecular flexibility index (Phi) is 20.1. The highest BCUT2D eigenvalue weighted by atomic mass is 16.4. The highest BCUT2D eigenvalue weighted by molar-refractivity contribution is 6.01. The van der Waals surface area contributed by atoms with Crippen molar-refractivity contribution < 1.29 is 53.1 Å². The first-order valence-corrected chi connectivity index (χ1v) is 18.9. The molecule has 20 nitrogen and oxygen atoms in total. The second kappa shape index (κ2) is 24.6. The monoisotopic (exact) mass is 835 g/mol. The van der Waals surface area contributed by atoms with Gasteiger partial charge in [0.15, 0.2) is 0 Å². The molecule has 0 aliphatic heterocycles. The topological polar surface area (TPSA) is 327 Å². The van der Waals surface area contributed by atoms with Crippen LogP contribution in [0.1, 0.15) is 51.7 Å². The number of amides is 9. The molecule has 0 aromatic heterocycles. The molecular formula is C40H53N9O11. The van der Waals surface area contributed by atoms with E-state index in [0.29, 0.717) is 11.1 Å². The molecule has 0 saturated carbocycles. The largest absolute Gasteiger partial charge is 0.480 e. The molecular weight excluding hydrogens is 782 g/mol. The van der Waals surface area contributed by atoms with E-state index in [1.165, 1.54) is 13.8 Å². The highest BCUT2D eigenvalue weighted by Gasteiger charge is 2.30. The Bertz CT molecular complexity index is 1890. The summed E-state index contributed by atoms with van der Waals surface area (Å²) in [5, 5.41) is 26.3. The summed E-state index contributed by atoms with van der Waals surface area (Å²) in [5.74, 6) is -9.09. The van der Waals surface area contributed by atoms with Crippen molar-refractivity contribution in [2.75, 3.05) is 6.54 Å². The van der Waals surface area contributed by atoms with Gasteiger partial charge in [-0.15, -0.1) is 0 Å². The molecule has 2 rings (SSSR count). The van der Waals surface area contributed by atoms with Crippen LogP contribution in [0.4, 0.5) is 0 Å². The first-order chi connectivity index (χ1) is 28.3. The van der Waals surface area contributed by atoms with Crippen molar-refractivity contribution >= 4 is 59.1 Å². The molecule has 0 fully saturated rings. The Balaban J connectivity index is 2.05. The number of hydrogen-bond acceptors (Lipinski definition) is 10. The Morgan fingerprint density at radius 1 is 0.583 bits per heavy atom. The summed E-state index contributed by atoms with van der Waals surface area (Å²) in [6, 6.07) is 9.70. The van der Waals surface area contributed by atoms with Crippen molar-refractivity contribution in [2.45, 2.75) is 89.6 Å². The number of benzene rings is 2. The summed E-state index contributed by atoms with van der Waals surface area (Å²) in [4.78, 5) is 125. The van der Waals surface area contributed by atoms with Crippen molar-refractivity contribution in [3.05, 3.63) is 83.9 Å². The standard InChI is InChI=1S/C40H53N9O11/c1-22(2)34(35(42)54)49-37(56)24(4)45-39(58)28(19-25-11-7-5-8-12-25)48-38(57)27(15-16-30(41)50)46-32(52)18-17-31(51)44-23(3)36(55)43-21-33(53)47-29(40(59)60)20-26-13-9-6-10-14-26/h5-14,17-18,22-24,27-29,34H,15-16,19-21H2,1-4H3,(H2,41,50)(H2,42,54)(H,43,55)(H,44,51)(H,45,58)(H,46,52)(H,47,53)(H,48,57)(H,49,56)(H,59,60)/b18-17+/t23-,24-,27-,28-,29-,34-/m0/s1. The summed E-state index contributed by atoms with van der Waals surface area (Å²) in [6.07, 6.45) is 0.789. The van der Waals surface area contributed by atoms with Crippen LogP contribution in [-0.2, 0) is 60.8 Å². The third-order valence-corrected chi connectivity index (χ3v) is 8.73. The first kappa shape index (κ1) is 49.0. The number of nitrogens with one attached hydrogen (secondary N) is 7. The second-order valence-electron chi connectivity index (χ2n) is 14.1. The Morgan fingerprint density at radius 2 is 1.08 bits per heavy atom. The van der Waals surface area contributed by atoms with Crippen LogP contribution in [0.25, 0.3) is 0 Å². The Labute approximate surface area is 346 Å². The molecule has 0 aliphatic carbocycles. The van der Waals surface area contributed by atoms with E-state index in [1.54, 1.807) is 74.5 Å². The van der Waals surface area contributed by atoms with Gasteiger partial charge in [0.2, 0.25) is 53.2 Å². The van der Waals surface area contributed by atoms with Gasteiger partial charge in [-0.05, 0) is 37.3 Å². The van der Waals surface area contributed by atoms with Crippen molar-refractivity contribution in [2.24, 2.45) is 17.4 Å². The molecule has 0 aliphatic rings. The van der Waals surface area contributed by atoms with Gasteiger partial charge in [-0.25, -0.2) is 4.79 Å². The number of primary amides is 2. The molecule has 0 heterocycles. The molecule has 0 unspecified atom stereocenters. The molecule has 60 heavy (non-hydrogen) atoms. The lowest BCUT2D eigenvalue weighted by atomic mass is 10.0. The number of rotatable bonds is 24. The van der Waals surface area contributed by atoms with Gasteiger partial charge < -0.3 is 53.8 Å². The van der Waals surface area contributed by atoms with E-state index < -0.39 is 102 Å². The smallest absolute Gasteiger partial charge is 0.326 e. The van der Waals surface area contributed by atoms with E-state index in [1.807, 2.05) is 0 Å². The van der Waals surface area contributed by atoms with E-state index >= 15 is 0 Å².